The van der Waals surface area contributed by atoms with Gasteiger partial charge in [-0.2, -0.15) is 0 Å². The third-order valence-electron chi connectivity index (χ3n) is 4.96. The SMILES string of the molecule is CON(C(=O)C(C(=O)O)c1ccccc1)C1C(=O)N2C(C(=O)O)=C(COC(C)=O)CS[C@@H]12. The third kappa shape index (κ3) is 4.18. The van der Waals surface area contributed by atoms with E-state index in [0.29, 0.717) is 5.06 Å². The third-order valence-corrected chi connectivity index (χ3v) is 6.29. The van der Waals surface area contributed by atoms with Gasteiger partial charge in [0.1, 0.15) is 17.7 Å². The molecule has 2 aliphatic heterocycles. The molecule has 12 heteroatoms. The number of nitrogens with zero attached hydrogens (tertiary/aromatic N) is 2. The maximum Gasteiger partial charge on any atom is 0.352 e. The molecule has 0 radical (unpaired) electrons. The van der Waals surface area contributed by atoms with Crippen molar-refractivity contribution in [2.75, 3.05) is 19.5 Å². The number of hydrogen-bond acceptors (Lipinski definition) is 8. The second kappa shape index (κ2) is 9.40. The van der Waals surface area contributed by atoms with Gasteiger partial charge in [0, 0.05) is 18.2 Å². The van der Waals surface area contributed by atoms with Gasteiger partial charge in [-0.15, -0.1) is 11.8 Å². The number of carboxylic acid groups (broad SMARTS) is 2. The number of ether oxygens (including phenoxy) is 1. The van der Waals surface area contributed by atoms with Crippen LogP contribution in [0.25, 0.3) is 0 Å². The summed E-state index contributed by atoms with van der Waals surface area (Å²) in [5.74, 6) is -6.58. The normalized spacial score (nSPS) is 20.7. The number of amides is 2. The van der Waals surface area contributed by atoms with Gasteiger partial charge in [0.2, 0.25) is 0 Å². The zero-order valence-electron chi connectivity index (χ0n) is 17.1. The average molecular weight is 464 g/mol. The van der Waals surface area contributed by atoms with Crippen molar-refractivity contribution in [3.05, 3.63) is 47.2 Å². The van der Waals surface area contributed by atoms with Gasteiger partial charge in [-0.25, -0.2) is 9.86 Å². The lowest BCUT2D eigenvalue weighted by atomic mass is 9.96. The number of β-lactam (4-membered cyclic amide) rings is 1. The number of hydrogen-bond donors (Lipinski definition) is 2. The number of hydroxylamine groups is 2. The molecule has 32 heavy (non-hydrogen) atoms. The Morgan fingerprint density at radius 1 is 1.22 bits per heavy atom. The molecule has 170 valence electrons. The summed E-state index contributed by atoms with van der Waals surface area (Å²) < 4.78 is 4.88. The van der Waals surface area contributed by atoms with E-state index in [0.717, 1.165) is 23.8 Å². The van der Waals surface area contributed by atoms with E-state index in [4.69, 9.17) is 9.57 Å². The lowest BCUT2D eigenvalue weighted by Crippen LogP contribution is -2.71. The van der Waals surface area contributed by atoms with Crippen LogP contribution < -0.4 is 0 Å². The molecule has 2 heterocycles. The van der Waals surface area contributed by atoms with Crippen LogP contribution in [0.3, 0.4) is 0 Å². The van der Waals surface area contributed by atoms with Gasteiger partial charge in [0.25, 0.3) is 11.8 Å². The number of aliphatic carboxylic acids is 2. The van der Waals surface area contributed by atoms with Crippen LogP contribution in [0, 0.1) is 0 Å². The summed E-state index contributed by atoms with van der Waals surface area (Å²) in [5.41, 5.74) is 0.128. The molecule has 1 aromatic carbocycles. The van der Waals surface area contributed by atoms with Crippen molar-refractivity contribution >= 4 is 41.5 Å². The molecule has 3 rings (SSSR count). The van der Waals surface area contributed by atoms with Crippen molar-refractivity contribution in [2.45, 2.75) is 24.3 Å². The molecule has 2 amide bonds. The number of benzene rings is 1. The Balaban J connectivity index is 1.88. The maximum absolute atomic E-state index is 13.1. The van der Waals surface area contributed by atoms with Crippen LogP contribution in [0.15, 0.2) is 41.6 Å². The molecular formula is C20H20N2O9S. The Bertz CT molecular complexity index is 994. The van der Waals surface area contributed by atoms with Crippen molar-refractivity contribution in [3.8, 4) is 0 Å². The molecule has 11 nitrogen and oxygen atoms in total. The Kier molecular flexibility index (Phi) is 6.84. The van der Waals surface area contributed by atoms with Gasteiger partial charge in [-0.3, -0.25) is 28.9 Å². The molecule has 1 saturated heterocycles. The Hall–Kier alpha value is -3.38. The average Bonchev–Trinajstić information content (AvgIpc) is 2.75. The second-order valence-electron chi connectivity index (χ2n) is 6.92. The summed E-state index contributed by atoms with van der Waals surface area (Å²) in [4.78, 5) is 66.9. The van der Waals surface area contributed by atoms with Crippen LogP contribution in [-0.2, 0) is 33.5 Å². The molecule has 2 aliphatic rings. The van der Waals surface area contributed by atoms with E-state index >= 15 is 0 Å². The molecule has 3 atom stereocenters. The number of thioether (sulfide) groups is 1. The molecule has 0 spiro atoms. The fourth-order valence-electron chi connectivity index (χ4n) is 3.55. The van der Waals surface area contributed by atoms with E-state index in [-0.39, 0.29) is 29.2 Å². The van der Waals surface area contributed by atoms with E-state index in [1.54, 1.807) is 18.2 Å². The predicted octanol–water partition coefficient (Wildman–Crippen LogP) is 0.430. The van der Waals surface area contributed by atoms with Crippen molar-refractivity contribution < 1.29 is 43.8 Å². The molecule has 2 N–H and O–H groups in total. The van der Waals surface area contributed by atoms with Crippen molar-refractivity contribution in [1.82, 2.24) is 9.96 Å². The van der Waals surface area contributed by atoms with Crippen LogP contribution in [0.5, 0.6) is 0 Å². The minimum Gasteiger partial charge on any atom is -0.480 e. The van der Waals surface area contributed by atoms with Crippen molar-refractivity contribution in [3.63, 3.8) is 0 Å². The molecule has 0 saturated carbocycles. The van der Waals surface area contributed by atoms with Gasteiger partial charge in [0.05, 0.1) is 7.11 Å². The molecular weight excluding hydrogens is 444 g/mol. The highest BCUT2D eigenvalue weighted by atomic mass is 32.2. The van der Waals surface area contributed by atoms with E-state index in [1.165, 1.54) is 19.1 Å². The van der Waals surface area contributed by atoms with Crippen LogP contribution in [0.1, 0.15) is 18.4 Å². The predicted molar refractivity (Wildman–Crippen MR) is 109 cm³/mol. The molecule has 0 bridgehead atoms. The Morgan fingerprint density at radius 3 is 2.41 bits per heavy atom. The largest absolute Gasteiger partial charge is 0.480 e. The first kappa shape index (κ1) is 23.3. The Morgan fingerprint density at radius 2 is 1.88 bits per heavy atom. The molecule has 0 aromatic heterocycles. The standard InChI is InChI=1S/C20H20N2O9S/c1-10(23)31-8-12-9-32-18-15(17(25)21(18)14(12)20(28)29)22(30-2)16(24)13(19(26)27)11-6-4-3-5-7-11/h3-7,13,15,18H,8-9H2,1-2H3,(H,26,27)(H,28,29)/t13?,15?,18-/m0/s1. The van der Waals surface area contributed by atoms with Crippen molar-refractivity contribution in [1.29, 1.82) is 0 Å². The summed E-state index contributed by atoms with van der Waals surface area (Å²) in [6, 6.07) is 6.56. The minimum atomic E-state index is -1.61. The van der Waals surface area contributed by atoms with E-state index in [1.807, 2.05) is 0 Å². The summed E-state index contributed by atoms with van der Waals surface area (Å²) in [6.07, 6.45) is 0. The second-order valence-corrected chi connectivity index (χ2v) is 8.03. The zero-order valence-corrected chi connectivity index (χ0v) is 17.9. The van der Waals surface area contributed by atoms with Crippen LogP contribution in [0.4, 0.5) is 0 Å². The number of carboxylic acids is 2. The number of carbonyl (C=O) groups is 5. The number of esters is 1. The van der Waals surface area contributed by atoms with Gasteiger partial charge in [-0.1, -0.05) is 30.3 Å². The lowest BCUT2D eigenvalue weighted by Gasteiger charge is -2.51. The molecule has 1 fully saturated rings. The molecule has 0 aliphatic carbocycles. The van der Waals surface area contributed by atoms with Crippen molar-refractivity contribution in [2.24, 2.45) is 0 Å². The fraction of sp³-hybridized carbons (Fsp3) is 0.350. The highest BCUT2D eigenvalue weighted by Crippen LogP contribution is 2.43. The van der Waals surface area contributed by atoms with Gasteiger partial charge in [0.15, 0.2) is 12.0 Å². The maximum atomic E-state index is 13.1. The molecule has 2 unspecified atom stereocenters. The molecule has 1 aromatic rings. The van der Waals surface area contributed by atoms with Gasteiger partial charge in [-0.05, 0) is 5.56 Å². The number of carbonyl (C=O) groups excluding carboxylic acids is 3. The van der Waals surface area contributed by atoms with Crippen LogP contribution >= 0.6 is 11.8 Å². The summed E-state index contributed by atoms with van der Waals surface area (Å²) >= 11 is 1.15. The van der Waals surface area contributed by atoms with E-state index in [2.05, 4.69) is 0 Å². The summed E-state index contributed by atoms with van der Waals surface area (Å²) in [7, 11) is 1.13. The number of rotatable bonds is 8. The quantitative estimate of drug-likeness (QED) is 0.240. The van der Waals surface area contributed by atoms with E-state index in [9.17, 15) is 34.2 Å². The first-order valence-corrected chi connectivity index (χ1v) is 10.4. The lowest BCUT2D eigenvalue weighted by molar-refractivity contribution is -0.210. The first-order valence-electron chi connectivity index (χ1n) is 9.37. The fourth-order valence-corrected chi connectivity index (χ4v) is 4.91. The Labute approximate surface area is 186 Å². The van der Waals surface area contributed by atoms with Crippen LogP contribution in [0.2, 0.25) is 0 Å². The smallest absolute Gasteiger partial charge is 0.352 e. The summed E-state index contributed by atoms with van der Waals surface area (Å²) in [5, 5.41) is 19.2. The summed E-state index contributed by atoms with van der Waals surface area (Å²) in [6.45, 7) is 0.894. The highest BCUT2D eigenvalue weighted by molar-refractivity contribution is 8.00. The monoisotopic (exact) mass is 464 g/mol. The van der Waals surface area contributed by atoms with Gasteiger partial charge >= 0.3 is 17.9 Å². The highest BCUT2D eigenvalue weighted by Gasteiger charge is 2.58. The van der Waals surface area contributed by atoms with Crippen LogP contribution in [-0.4, -0.2) is 80.8 Å². The topological polar surface area (TPSA) is 151 Å². The number of fused-ring (bicyclic) bond motifs is 1. The van der Waals surface area contributed by atoms with Gasteiger partial charge < -0.3 is 14.9 Å². The minimum absolute atomic E-state index is 0.132. The zero-order chi connectivity index (χ0) is 23.6. The van der Waals surface area contributed by atoms with E-state index < -0.39 is 47.1 Å². The first-order chi connectivity index (χ1) is 15.2.